The van der Waals surface area contributed by atoms with Gasteiger partial charge in [-0.05, 0) is 44.2 Å². The summed E-state index contributed by atoms with van der Waals surface area (Å²) >= 11 is 0. The van der Waals surface area contributed by atoms with Gasteiger partial charge in [0.25, 0.3) is 0 Å². The number of rotatable bonds is 3. The Kier molecular flexibility index (Phi) is 4.76. The molecule has 4 rings (SSSR count). The van der Waals surface area contributed by atoms with Gasteiger partial charge in [-0.15, -0.1) is 22.6 Å². The second kappa shape index (κ2) is 6.46. The molecule has 3 aliphatic heterocycles. The van der Waals surface area contributed by atoms with Crippen LogP contribution in [0.5, 0.6) is 0 Å². The number of likely N-dealkylation sites (tertiary alicyclic amines) is 1. The van der Waals surface area contributed by atoms with Crippen molar-refractivity contribution in [3.63, 3.8) is 0 Å². The fraction of sp³-hybridized carbons (Fsp3) is 0.875. The van der Waals surface area contributed by atoms with Crippen LogP contribution in [0.25, 0.3) is 0 Å². The van der Waals surface area contributed by atoms with Crippen LogP contribution in [0.4, 0.5) is 0 Å². The van der Waals surface area contributed by atoms with E-state index < -0.39 is 0 Å². The Hall–Kier alpha value is -0.650. The minimum absolute atomic E-state index is 0. The van der Waals surface area contributed by atoms with Gasteiger partial charge in [0, 0.05) is 38.5 Å². The van der Waals surface area contributed by atoms with Crippen LogP contribution in [0.2, 0.25) is 0 Å². The maximum atomic E-state index is 4.52. The average Bonchev–Trinajstić information content (AvgIpc) is 3.15. The van der Waals surface area contributed by atoms with Gasteiger partial charge in [-0.2, -0.15) is 0 Å². The summed E-state index contributed by atoms with van der Waals surface area (Å²) in [5.74, 6) is 3.08. The first-order valence-electron chi connectivity index (χ1n) is 8.59. The third kappa shape index (κ3) is 3.03. The molecule has 124 valence electrons. The van der Waals surface area contributed by atoms with Gasteiger partial charge in [-0.1, -0.05) is 6.92 Å². The SMILES string of the molecule is CC1(CN2CCCC(c3nnc4n3CCC4)C2)CCNC1.Cl. The van der Waals surface area contributed by atoms with E-state index in [1.54, 1.807) is 0 Å². The summed E-state index contributed by atoms with van der Waals surface area (Å²) < 4.78 is 2.40. The molecule has 2 saturated heterocycles. The predicted molar refractivity (Wildman–Crippen MR) is 89.6 cm³/mol. The van der Waals surface area contributed by atoms with Crippen LogP contribution in [0, 0.1) is 5.41 Å². The summed E-state index contributed by atoms with van der Waals surface area (Å²) in [5, 5.41) is 12.4. The van der Waals surface area contributed by atoms with Gasteiger partial charge in [0.1, 0.15) is 11.6 Å². The molecule has 0 amide bonds. The Morgan fingerprint density at radius 2 is 2.18 bits per heavy atom. The summed E-state index contributed by atoms with van der Waals surface area (Å²) in [6, 6.07) is 0. The molecule has 5 nitrogen and oxygen atoms in total. The van der Waals surface area contributed by atoms with Crippen molar-refractivity contribution in [3.8, 4) is 0 Å². The highest BCUT2D eigenvalue weighted by molar-refractivity contribution is 5.85. The van der Waals surface area contributed by atoms with Crippen molar-refractivity contribution in [2.24, 2.45) is 5.41 Å². The third-order valence-electron chi connectivity index (χ3n) is 5.57. The Morgan fingerprint density at radius 3 is 3.00 bits per heavy atom. The Balaban J connectivity index is 0.00000144. The van der Waals surface area contributed by atoms with Gasteiger partial charge < -0.3 is 14.8 Å². The van der Waals surface area contributed by atoms with Crippen LogP contribution in [0.3, 0.4) is 0 Å². The normalized spacial score (nSPS) is 32.0. The molecule has 0 radical (unpaired) electrons. The molecule has 3 aliphatic rings. The lowest BCUT2D eigenvalue weighted by Crippen LogP contribution is -2.42. The Morgan fingerprint density at radius 1 is 1.27 bits per heavy atom. The fourth-order valence-corrected chi connectivity index (χ4v) is 4.43. The Bertz CT molecular complexity index is 509. The second-order valence-electron chi connectivity index (χ2n) is 7.54. The first-order chi connectivity index (χ1) is 10.2. The van der Waals surface area contributed by atoms with E-state index in [0.29, 0.717) is 11.3 Å². The molecule has 1 aromatic heterocycles. The van der Waals surface area contributed by atoms with E-state index in [-0.39, 0.29) is 12.4 Å². The molecule has 0 aliphatic carbocycles. The van der Waals surface area contributed by atoms with Gasteiger partial charge >= 0.3 is 0 Å². The third-order valence-corrected chi connectivity index (χ3v) is 5.57. The minimum atomic E-state index is 0. The van der Waals surface area contributed by atoms with Crippen LogP contribution in [0.1, 0.15) is 50.2 Å². The fourth-order valence-electron chi connectivity index (χ4n) is 4.43. The number of halogens is 1. The molecule has 1 N–H and O–H groups in total. The standard InChI is InChI=1S/C16H27N5.ClH/c1-16(6-7-17-11-16)12-20-8-2-4-13(10-20)15-19-18-14-5-3-9-21(14)15;/h13,17H,2-12H2,1H3;1H. The molecule has 6 heteroatoms. The summed E-state index contributed by atoms with van der Waals surface area (Å²) in [6.07, 6.45) is 6.26. The molecule has 0 spiro atoms. The first kappa shape index (κ1) is 16.2. The Labute approximate surface area is 139 Å². The maximum Gasteiger partial charge on any atom is 0.137 e. The smallest absolute Gasteiger partial charge is 0.137 e. The van der Waals surface area contributed by atoms with E-state index in [0.717, 1.165) is 13.0 Å². The topological polar surface area (TPSA) is 46.0 Å². The van der Waals surface area contributed by atoms with Gasteiger partial charge in [0.2, 0.25) is 0 Å². The van der Waals surface area contributed by atoms with Crippen molar-refractivity contribution < 1.29 is 0 Å². The highest BCUT2D eigenvalue weighted by Gasteiger charge is 2.34. The molecule has 2 atom stereocenters. The summed E-state index contributed by atoms with van der Waals surface area (Å²) in [6.45, 7) is 9.60. The lowest BCUT2D eigenvalue weighted by molar-refractivity contribution is 0.138. The van der Waals surface area contributed by atoms with E-state index in [1.165, 1.54) is 70.1 Å². The first-order valence-corrected chi connectivity index (χ1v) is 8.59. The highest BCUT2D eigenvalue weighted by Crippen LogP contribution is 2.32. The molecule has 4 heterocycles. The van der Waals surface area contributed by atoms with Gasteiger partial charge in [-0.3, -0.25) is 0 Å². The second-order valence-corrected chi connectivity index (χ2v) is 7.54. The van der Waals surface area contributed by atoms with Crippen molar-refractivity contribution in [2.75, 3.05) is 32.7 Å². The van der Waals surface area contributed by atoms with Crippen molar-refractivity contribution in [3.05, 3.63) is 11.6 Å². The number of aromatic nitrogens is 3. The summed E-state index contributed by atoms with van der Waals surface area (Å²) in [4.78, 5) is 2.68. The summed E-state index contributed by atoms with van der Waals surface area (Å²) in [7, 11) is 0. The molecule has 22 heavy (non-hydrogen) atoms. The van der Waals surface area contributed by atoms with E-state index in [9.17, 15) is 0 Å². The predicted octanol–water partition coefficient (Wildman–Crippen LogP) is 1.83. The zero-order valence-electron chi connectivity index (χ0n) is 13.6. The molecule has 0 saturated carbocycles. The number of nitrogens with zero attached hydrogens (tertiary/aromatic N) is 4. The van der Waals surface area contributed by atoms with E-state index in [2.05, 4.69) is 31.9 Å². The highest BCUT2D eigenvalue weighted by atomic mass is 35.5. The molecule has 2 fully saturated rings. The molecular weight excluding hydrogens is 298 g/mol. The lowest BCUT2D eigenvalue weighted by Gasteiger charge is -2.37. The van der Waals surface area contributed by atoms with Gasteiger partial charge in [0.05, 0.1) is 0 Å². The average molecular weight is 326 g/mol. The van der Waals surface area contributed by atoms with E-state index >= 15 is 0 Å². The molecule has 2 unspecified atom stereocenters. The number of fused-ring (bicyclic) bond motifs is 1. The van der Waals surface area contributed by atoms with Crippen LogP contribution in [-0.2, 0) is 13.0 Å². The van der Waals surface area contributed by atoms with Crippen molar-refractivity contribution in [2.45, 2.75) is 51.5 Å². The number of aryl methyl sites for hydroxylation is 1. The van der Waals surface area contributed by atoms with E-state index in [4.69, 9.17) is 0 Å². The van der Waals surface area contributed by atoms with Crippen molar-refractivity contribution in [1.82, 2.24) is 25.0 Å². The van der Waals surface area contributed by atoms with Crippen LogP contribution >= 0.6 is 12.4 Å². The van der Waals surface area contributed by atoms with E-state index in [1.807, 2.05) is 0 Å². The number of hydrogen-bond acceptors (Lipinski definition) is 4. The summed E-state index contributed by atoms with van der Waals surface area (Å²) in [5.41, 5.74) is 0.467. The van der Waals surface area contributed by atoms with Gasteiger partial charge in [0.15, 0.2) is 0 Å². The van der Waals surface area contributed by atoms with Crippen LogP contribution in [-0.4, -0.2) is 52.4 Å². The monoisotopic (exact) mass is 325 g/mol. The molecular formula is C16H28ClN5. The van der Waals surface area contributed by atoms with Gasteiger partial charge in [-0.25, -0.2) is 0 Å². The van der Waals surface area contributed by atoms with Crippen LogP contribution < -0.4 is 5.32 Å². The quantitative estimate of drug-likeness (QED) is 0.921. The zero-order chi connectivity index (χ0) is 14.3. The molecule has 0 bridgehead atoms. The number of nitrogens with one attached hydrogen (secondary N) is 1. The lowest BCUT2D eigenvalue weighted by atomic mass is 9.87. The van der Waals surface area contributed by atoms with Crippen molar-refractivity contribution >= 4 is 12.4 Å². The number of hydrogen-bond donors (Lipinski definition) is 1. The van der Waals surface area contributed by atoms with Crippen LogP contribution in [0.15, 0.2) is 0 Å². The van der Waals surface area contributed by atoms with Crippen molar-refractivity contribution in [1.29, 1.82) is 0 Å². The minimum Gasteiger partial charge on any atom is -0.316 e. The zero-order valence-corrected chi connectivity index (χ0v) is 14.4. The maximum absolute atomic E-state index is 4.52. The largest absolute Gasteiger partial charge is 0.316 e. The molecule has 0 aromatic carbocycles. The number of piperidine rings is 1. The molecule has 1 aromatic rings.